The van der Waals surface area contributed by atoms with Gasteiger partial charge in [-0.2, -0.15) is 0 Å². The van der Waals surface area contributed by atoms with Gasteiger partial charge in [0.2, 0.25) is 5.88 Å². The van der Waals surface area contributed by atoms with Gasteiger partial charge in [0.1, 0.15) is 0 Å². The molecule has 1 N–H and O–H groups in total. The first-order chi connectivity index (χ1) is 6.76. The van der Waals surface area contributed by atoms with Crippen molar-refractivity contribution in [2.45, 2.75) is 12.5 Å². The summed E-state index contributed by atoms with van der Waals surface area (Å²) in [5.74, 6) is 0.562. The standard InChI is InChI=1S/C10H15NO3/c1-13-7-9(12)5-8-3-4-11-10(6-8)14-2/h3-4,6,9,12H,5,7H2,1-2H3. The number of rotatable bonds is 5. The number of aliphatic hydroxyl groups excluding tert-OH is 1. The van der Waals surface area contributed by atoms with Gasteiger partial charge in [-0.05, 0) is 11.6 Å². The van der Waals surface area contributed by atoms with Crippen molar-refractivity contribution < 1.29 is 14.6 Å². The molecule has 0 radical (unpaired) electrons. The minimum Gasteiger partial charge on any atom is -0.481 e. The summed E-state index contributed by atoms with van der Waals surface area (Å²) < 4.78 is 9.81. The second-order valence-electron chi connectivity index (χ2n) is 3.02. The highest BCUT2D eigenvalue weighted by molar-refractivity contribution is 5.20. The second-order valence-corrected chi connectivity index (χ2v) is 3.02. The molecule has 4 nitrogen and oxygen atoms in total. The molecular weight excluding hydrogens is 182 g/mol. The van der Waals surface area contributed by atoms with Crippen LogP contribution in [0, 0.1) is 0 Å². The highest BCUT2D eigenvalue weighted by Crippen LogP contribution is 2.10. The lowest BCUT2D eigenvalue weighted by Gasteiger charge is -2.09. The van der Waals surface area contributed by atoms with Crippen molar-refractivity contribution in [3.8, 4) is 5.88 Å². The highest BCUT2D eigenvalue weighted by Gasteiger charge is 2.05. The maximum Gasteiger partial charge on any atom is 0.213 e. The predicted octanol–water partition coefficient (Wildman–Crippen LogP) is 0.640. The Hall–Kier alpha value is -1.13. The molecule has 0 aliphatic rings. The third-order valence-corrected chi connectivity index (χ3v) is 1.84. The van der Waals surface area contributed by atoms with E-state index in [9.17, 15) is 5.11 Å². The van der Waals surface area contributed by atoms with E-state index in [0.717, 1.165) is 5.56 Å². The van der Waals surface area contributed by atoms with Crippen molar-refractivity contribution in [1.82, 2.24) is 4.98 Å². The van der Waals surface area contributed by atoms with Gasteiger partial charge in [0.05, 0.1) is 19.8 Å². The van der Waals surface area contributed by atoms with E-state index in [1.807, 2.05) is 6.07 Å². The Bertz CT molecular complexity index is 278. The van der Waals surface area contributed by atoms with Crippen molar-refractivity contribution >= 4 is 0 Å². The first kappa shape index (κ1) is 10.9. The maximum absolute atomic E-state index is 9.48. The van der Waals surface area contributed by atoms with Crippen molar-refractivity contribution in [1.29, 1.82) is 0 Å². The van der Waals surface area contributed by atoms with Crippen molar-refractivity contribution in [2.24, 2.45) is 0 Å². The molecule has 1 unspecified atom stereocenters. The summed E-state index contributed by atoms with van der Waals surface area (Å²) in [6.45, 7) is 0.338. The number of nitrogens with zero attached hydrogens (tertiary/aromatic N) is 1. The summed E-state index contributed by atoms with van der Waals surface area (Å²) in [5.41, 5.74) is 0.987. The Balaban J connectivity index is 2.57. The predicted molar refractivity (Wildman–Crippen MR) is 52.4 cm³/mol. The van der Waals surface area contributed by atoms with E-state index in [1.165, 1.54) is 0 Å². The lowest BCUT2D eigenvalue weighted by atomic mass is 10.1. The first-order valence-corrected chi connectivity index (χ1v) is 4.42. The molecule has 0 aromatic carbocycles. The molecule has 0 amide bonds. The summed E-state index contributed by atoms with van der Waals surface area (Å²) in [6, 6.07) is 3.65. The zero-order valence-corrected chi connectivity index (χ0v) is 8.43. The van der Waals surface area contributed by atoms with Gasteiger partial charge in [0.15, 0.2) is 0 Å². The van der Waals surface area contributed by atoms with Crippen LogP contribution < -0.4 is 4.74 Å². The zero-order valence-electron chi connectivity index (χ0n) is 8.43. The van der Waals surface area contributed by atoms with Crippen LogP contribution >= 0.6 is 0 Å². The molecule has 0 saturated heterocycles. The lowest BCUT2D eigenvalue weighted by Crippen LogP contribution is -2.16. The van der Waals surface area contributed by atoms with E-state index in [4.69, 9.17) is 9.47 Å². The molecule has 4 heteroatoms. The molecule has 1 heterocycles. The topological polar surface area (TPSA) is 51.6 Å². The minimum absolute atomic E-state index is 0.338. The van der Waals surface area contributed by atoms with Crippen LogP contribution in [0.2, 0.25) is 0 Å². The van der Waals surface area contributed by atoms with Gasteiger partial charge >= 0.3 is 0 Å². The molecule has 0 bridgehead atoms. The molecule has 14 heavy (non-hydrogen) atoms. The van der Waals surface area contributed by atoms with Crippen LogP contribution in [0.4, 0.5) is 0 Å². The average molecular weight is 197 g/mol. The van der Waals surface area contributed by atoms with Crippen LogP contribution in [-0.4, -0.2) is 37.0 Å². The zero-order chi connectivity index (χ0) is 10.4. The minimum atomic E-state index is -0.480. The number of ether oxygens (including phenoxy) is 2. The van der Waals surface area contributed by atoms with Gasteiger partial charge in [-0.3, -0.25) is 0 Å². The lowest BCUT2D eigenvalue weighted by molar-refractivity contribution is 0.0650. The first-order valence-electron chi connectivity index (χ1n) is 4.42. The Kier molecular flexibility index (Phi) is 4.35. The van der Waals surface area contributed by atoms with Gasteiger partial charge in [0.25, 0.3) is 0 Å². The van der Waals surface area contributed by atoms with Crippen LogP contribution in [0.25, 0.3) is 0 Å². The van der Waals surface area contributed by atoms with E-state index >= 15 is 0 Å². The number of pyridine rings is 1. The van der Waals surface area contributed by atoms with Gasteiger partial charge in [0, 0.05) is 25.8 Å². The normalized spacial score (nSPS) is 12.5. The Morgan fingerprint density at radius 1 is 1.50 bits per heavy atom. The third kappa shape index (κ3) is 3.32. The van der Waals surface area contributed by atoms with E-state index in [1.54, 1.807) is 26.5 Å². The van der Waals surface area contributed by atoms with E-state index in [0.29, 0.717) is 18.9 Å². The fraction of sp³-hybridized carbons (Fsp3) is 0.500. The number of methoxy groups -OCH3 is 2. The molecule has 0 aliphatic heterocycles. The van der Waals surface area contributed by atoms with Crippen LogP contribution in [0.15, 0.2) is 18.3 Å². The van der Waals surface area contributed by atoms with Gasteiger partial charge < -0.3 is 14.6 Å². The molecule has 0 saturated carbocycles. The largest absolute Gasteiger partial charge is 0.481 e. The third-order valence-electron chi connectivity index (χ3n) is 1.84. The monoisotopic (exact) mass is 197 g/mol. The van der Waals surface area contributed by atoms with Gasteiger partial charge in [-0.1, -0.05) is 0 Å². The summed E-state index contributed by atoms with van der Waals surface area (Å²) in [7, 11) is 3.13. The van der Waals surface area contributed by atoms with Crippen molar-refractivity contribution in [3.63, 3.8) is 0 Å². The molecule has 0 spiro atoms. The van der Waals surface area contributed by atoms with Crippen LogP contribution in [0.5, 0.6) is 5.88 Å². The highest BCUT2D eigenvalue weighted by atomic mass is 16.5. The Morgan fingerprint density at radius 3 is 2.93 bits per heavy atom. The average Bonchev–Trinajstić information content (AvgIpc) is 2.18. The van der Waals surface area contributed by atoms with Crippen molar-refractivity contribution in [3.05, 3.63) is 23.9 Å². The SMILES string of the molecule is COCC(O)Cc1ccnc(OC)c1. The maximum atomic E-state index is 9.48. The van der Waals surface area contributed by atoms with E-state index in [2.05, 4.69) is 4.98 Å². The number of hydrogen-bond donors (Lipinski definition) is 1. The summed E-state index contributed by atoms with van der Waals surface area (Å²) in [4.78, 5) is 3.98. The smallest absolute Gasteiger partial charge is 0.213 e. The molecule has 1 atom stereocenters. The van der Waals surface area contributed by atoms with Gasteiger partial charge in [-0.15, -0.1) is 0 Å². The molecule has 0 aliphatic carbocycles. The van der Waals surface area contributed by atoms with Crippen LogP contribution in [-0.2, 0) is 11.2 Å². The molecule has 1 aromatic heterocycles. The fourth-order valence-electron chi connectivity index (χ4n) is 1.21. The summed E-state index contributed by atoms with van der Waals surface area (Å²) in [6.07, 6.45) is 1.73. The molecule has 1 rings (SSSR count). The van der Waals surface area contributed by atoms with Crippen LogP contribution in [0.3, 0.4) is 0 Å². The summed E-state index contributed by atoms with van der Waals surface area (Å²) >= 11 is 0. The van der Waals surface area contributed by atoms with E-state index in [-0.39, 0.29) is 0 Å². The van der Waals surface area contributed by atoms with Crippen LogP contribution in [0.1, 0.15) is 5.56 Å². The number of aliphatic hydroxyl groups is 1. The molecular formula is C10H15NO3. The number of aromatic nitrogens is 1. The molecule has 0 fully saturated rings. The fourth-order valence-corrected chi connectivity index (χ4v) is 1.21. The summed E-state index contributed by atoms with van der Waals surface area (Å²) in [5, 5.41) is 9.48. The second kappa shape index (κ2) is 5.57. The quantitative estimate of drug-likeness (QED) is 0.752. The molecule has 1 aromatic rings. The molecule has 78 valence electrons. The van der Waals surface area contributed by atoms with Gasteiger partial charge in [-0.25, -0.2) is 4.98 Å². The Morgan fingerprint density at radius 2 is 2.29 bits per heavy atom. The van der Waals surface area contributed by atoms with E-state index < -0.39 is 6.10 Å². The number of hydrogen-bond acceptors (Lipinski definition) is 4. The van der Waals surface area contributed by atoms with Crippen molar-refractivity contribution in [2.75, 3.05) is 20.8 Å². The Labute approximate surface area is 83.5 Å².